The van der Waals surface area contributed by atoms with Gasteiger partial charge in [-0.05, 0) is 38.0 Å². The van der Waals surface area contributed by atoms with Gasteiger partial charge in [-0.25, -0.2) is 0 Å². The SMILES string of the molecule is CCCN(CC(=O)NC)C(=O)CC1CCC(N)CC1. The first kappa shape index (κ1) is 16.0. The topological polar surface area (TPSA) is 75.4 Å². The minimum Gasteiger partial charge on any atom is -0.358 e. The number of carbonyl (C=O) groups is 2. The normalized spacial score (nSPS) is 22.9. The lowest BCUT2D eigenvalue weighted by atomic mass is 9.84. The number of rotatable bonds is 6. The highest BCUT2D eigenvalue weighted by Crippen LogP contribution is 2.26. The fourth-order valence-corrected chi connectivity index (χ4v) is 2.58. The number of hydrogen-bond donors (Lipinski definition) is 2. The van der Waals surface area contributed by atoms with Crippen molar-refractivity contribution >= 4 is 11.8 Å². The van der Waals surface area contributed by atoms with E-state index in [1.54, 1.807) is 11.9 Å². The zero-order valence-corrected chi connectivity index (χ0v) is 12.2. The summed E-state index contributed by atoms with van der Waals surface area (Å²) in [5.41, 5.74) is 5.87. The second-order valence-electron chi connectivity index (χ2n) is 5.47. The second-order valence-corrected chi connectivity index (χ2v) is 5.47. The van der Waals surface area contributed by atoms with Crippen LogP contribution < -0.4 is 11.1 Å². The Labute approximate surface area is 115 Å². The molecule has 0 aromatic heterocycles. The van der Waals surface area contributed by atoms with Crippen LogP contribution in [0.25, 0.3) is 0 Å². The van der Waals surface area contributed by atoms with E-state index in [0.717, 1.165) is 32.1 Å². The van der Waals surface area contributed by atoms with E-state index in [1.165, 1.54) is 0 Å². The molecule has 2 amide bonds. The molecule has 1 fully saturated rings. The fourth-order valence-electron chi connectivity index (χ4n) is 2.58. The number of nitrogens with two attached hydrogens (primary N) is 1. The second kappa shape index (κ2) is 8.15. The van der Waals surface area contributed by atoms with Crippen molar-refractivity contribution in [2.75, 3.05) is 20.1 Å². The molecule has 19 heavy (non-hydrogen) atoms. The third-order valence-electron chi connectivity index (χ3n) is 3.81. The summed E-state index contributed by atoms with van der Waals surface area (Å²) in [6.45, 7) is 2.84. The first-order valence-corrected chi connectivity index (χ1v) is 7.30. The number of carbonyl (C=O) groups excluding carboxylic acids is 2. The van der Waals surface area contributed by atoms with E-state index >= 15 is 0 Å². The highest BCUT2D eigenvalue weighted by molar-refractivity contribution is 5.84. The van der Waals surface area contributed by atoms with Gasteiger partial charge in [0.05, 0.1) is 6.54 Å². The van der Waals surface area contributed by atoms with E-state index in [2.05, 4.69) is 5.32 Å². The van der Waals surface area contributed by atoms with E-state index in [-0.39, 0.29) is 18.4 Å². The van der Waals surface area contributed by atoms with E-state index in [4.69, 9.17) is 5.73 Å². The molecule has 0 saturated heterocycles. The van der Waals surface area contributed by atoms with Crippen LogP contribution in [-0.4, -0.2) is 42.9 Å². The van der Waals surface area contributed by atoms with Crippen molar-refractivity contribution in [2.24, 2.45) is 11.7 Å². The Morgan fingerprint density at radius 1 is 1.26 bits per heavy atom. The molecule has 1 rings (SSSR count). The lowest BCUT2D eigenvalue weighted by Crippen LogP contribution is -2.41. The molecule has 0 bridgehead atoms. The van der Waals surface area contributed by atoms with Crippen LogP contribution in [0.5, 0.6) is 0 Å². The van der Waals surface area contributed by atoms with Crippen LogP contribution in [-0.2, 0) is 9.59 Å². The Balaban J connectivity index is 2.44. The zero-order valence-electron chi connectivity index (χ0n) is 12.2. The number of hydrogen-bond acceptors (Lipinski definition) is 3. The number of amides is 2. The molecule has 5 nitrogen and oxygen atoms in total. The van der Waals surface area contributed by atoms with Gasteiger partial charge in [-0.3, -0.25) is 9.59 Å². The molecule has 1 saturated carbocycles. The monoisotopic (exact) mass is 269 g/mol. The molecule has 0 aliphatic heterocycles. The first-order chi connectivity index (χ1) is 9.06. The van der Waals surface area contributed by atoms with Crippen LogP contribution in [0.15, 0.2) is 0 Å². The van der Waals surface area contributed by atoms with Crippen LogP contribution in [0.4, 0.5) is 0 Å². The molecule has 0 atom stereocenters. The largest absolute Gasteiger partial charge is 0.358 e. The van der Waals surface area contributed by atoms with Crippen LogP contribution in [0.2, 0.25) is 0 Å². The van der Waals surface area contributed by atoms with E-state index in [9.17, 15) is 9.59 Å². The maximum atomic E-state index is 12.2. The molecule has 1 aliphatic carbocycles. The number of nitrogens with zero attached hydrogens (tertiary/aromatic N) is 1. The Morgan fingerprint density at radius 3 is 2.42 bits per heavy atom. The summed E-state index contributed by atoms with van der Waals surface area (Å²) in [5, 5.41) is 2.57. The Bertz CT molecular complexity index is 299. The summed E-state index contributed by atoms with van der Waals surface area (Å²) in [6, 6.07) is 0.309. The maximum absolute atomic E-state index is 12.2. The molecule has 1 aliphatic rings. The summed E-state index contributed by atoms with van der Waals surface area (Å²) in [4.78, 5) is 25.3. The van der Waals surface area contributed by atoms with Gasteiger partial charge >= 0.3 is 0 Å². The lowest BCUT2D eigenvalue weighted by Gasteiger charge is -2.28. The smallest absolute Gasteiger partial charge is 0.239 e. The molecule has 5 heteroatoms. The quantitative estimate of drug-likeness (QED) is 0.751. The van der Waals surface area contributed by atoms with Gasteiger partial charge < -0.3 is 16.0 Å². The van der Waals surface area contributed by atoms with Gasteiger partial charge in [0.25, 0.3) is 0 Å². The van der Waals surface area contributed by atoms with Crippen molar-refractivity contribution in [3.63, 3.8) is 0 Å². The average molecular weight is 269 g/mol. The molecular weight excluding hydrogens is 242 g/mol. The molecule has 0 aromatic rings. The van der Waals surface area contributed by atoms with E-state index < -0.39 is 0 Å². The van der Waals surface area contributed by atoms with Gasteiger partial charge in [0.1, 0.15) is 0 Å². The summed E-state index contributed by atoms with van der Waals surface area (Å²) in [6.07, 6.45) is 5.53. The molecule has 0 heterocycles. The highest BCUT2D eigenvalue weighted by Gasteiger charge is 2.24. The van der Waals surface area contributed by atoms with Crippen molar-refractivity contribution in [1.82, 2.24) is 10.2 Å². The van der Waals surface area contributed by atoms with Crippen molar-refractivity contribution in [3.8, 4) is 0 Å². The molecule has 0 radical (unpaired) electrons. The van der Waals surface area contributed by atoms with Gasteiger partial charge in [-0.1, -0.05) is 6.92 Å². The number of likely N-dealkylation sites (N-methyl/N-ethyl adjacent to an activating group) is 1. The maximum Gasteiger partial charge on any atom is 0.239 e. The molecule has 0 unspecified atom stereocenters. The van der Waals surface area contributed by atoms with Crippen LogP contribution in [0, 0.1) is 5.92 Å². The van der Waals surface area contributed by atoms with Crippen LogP contribution >= 0.6 is 0 Å². The summed E-state index contributed by atoms with van der Waals surface area (Å²) in [5.74, 6) is 0.440. The van der Waals surface area contributed by atoms with Gasteiger partial charge in [0.15, 0.2) is 0 Å². The van der Waals surface area contributed by atoms with E-state index in [0.29, 0.717) is 24.9 Å². The summed E-state index contributed by atoms with van der Waals surface area (Å²) >= 11 is 0. The Morgan fingerprint density at radius 2 is 1.89 bits per heavy atom. The van der Waals surface area contributed by atoms with Crippen molar-refractivity contribution in [3.05, 3.63) is 0 Å². The Hall–Kier alpha value is -1.10. The predicted octanol–water partition coefficient (Wildman–Crippen LogP) is 0.879. The van der Waals surface area contributed by atoms with E-state index in [1.807, 2.05) is 6.92 Å². The van der Waals surface area contributed by atoms with Crippen molar-refractivity contribution in [2.45, 2.75) is 51.5 Å². The van der Waals surface area contributed by atoms with Crippen molar-refractivity contribution < 1.29 is 9.59 Å². The minimum absolute atomic E-state index is 0.103. The fraction of sp³-hybridized carbons (Fsp3) is 0.857. The molecule has 110 valence electrons. The van der Waals surface area contributed by atoms with Crippen molar-refractivity contribution in [1.29, 1.82) is 0 Å². The van der Waals surface area contributed by atoms with Gasteiger partial charge in [0, 0.05) is 26.1 Å². The minimum atomic E-state index is -0.104. The highest BCUT2D eigenvalue weighted by atomic mass is 16.2. The first-order valence-electron chi connectivity index (χ1n) is 7.30. The third-order valence-corrected chi connectivity index (χ3v) is 3.81. The zero-order chi connectivity index (χ0) is 14.3. The van der Waals surface area contributed by atoms with Gasteiger partial charge in [-0.15, -0.1) is 0 Å². The summed E-state index contributed by atoms with van der Waals surface area (Å²) < 4.78 is 0. The van der Waals surface area contributed by atoms with Crippen LogP contribution in [0.1, 0.15) is 45.4 Å². The molecule has 0 aromatic carbocycles. The standard InChI is InChI=1S/C14H27N3O2/c1-3-8-17(10-13(18)16-2)14(19)9-11-4-6-12(15)7-5-11/h11-12H,3-10,15H2,1-2H3,(H,16,18). The van der Waals surface area contributed by atoms with Gasteiger partial charge in [0.2, 0.25) is 11.8 Å². The number of nitrogens with one attached hydrogen (secondary N) is 1. The van der Waals surface area contributed by atoms with Gasteiger partial charge in [-0.2, -0.15) is 0 Å². The summed E-state index contributed by atoms with van der Waals surface area (Å²) in [7, 11) is 1.60. The Kier molecular flexibility index (Phi) is 6.84. The molecular formula is C14H27N3O2. The van der Waals surface area contributed by atoms with Crippen LogP contribution in [0.3, 0.4) is 0 Å². The molecule has 0 spiro atoms. The molecule has 3 N–H and O–H groups in total. The third kappa shape index (κ3) is 5.59. The average Bonchev–Trinajstić information content (AvgIpc) is 2.40. The lowest BCUT2D eigenvalue weighted by molar-refractivity contribution is -0.137. The predicted molar refractivity (Wildman–Crippen MR) is 75.5 cm³/mol.